The highest BCUT2D eigenvalue weighted by atomic mass is 32.2. The lowest BCUT2D eigenvalue weighted by Gasteiger charge is -2.19. The van der Waals surface area contributed by atoms with E-state index in [1.807, 2.05) is 11.5 Å². The molecule has 0 saturated heterocycles. The number of amides is 1. The van der Waals surface area contributed by atoms with Gasteiger partial charge >= 0.3 is 0 Å². The van der Waals surface area contributed by atoms with Crippen LogP contribution < -0.4 is 10.2 Å². The van der Waals surface area contributed by atoms with Gasteiger partial charge < -0.3 is 14.4 Å². The molecule has 34 heavy (non-hydrogen) atoms. The standard InChI is InChI=1S/C25H31N5O3S/c1-7-30-23(17-8-11-19(12-9-17)25(3,4)5)28-29-24(30)34-15-22(32)27-26-16(2)18-10-13-20(31)21(14-18)33-6/h8-14,31H,7,15H2,1-6H3,(H,27,32)/b26-16-. The average Bonchev–Trinajstić information content (AvgIpc) is 3.24. The Bertz CT molecular complexity index is 1180. The Morgan fingerprint density at radius 3 is 2.50 bits per heavy atom. The van der Waals surface area contributed by atoms with E-state index in [-0.39, 0.29) is 22.8 Å². The van der Waals surface area contributed by atoms with Crippen LogP contribution in [0.1, 0.15) is 45.7 Å². The van der Waals surface area contributed by atoms with Crippen LogP contribution in [-0.2, 0) is 16.8 Å². The van der Waals surface area contributed by atoms with Crippen molar-refractivity contribution in [3.05, 3.63) is 53.6 Å². The number of nitrogens with zero attached hydrogens (tertiary/aromatic N) is 4. The first-order valence-corrected chi connectivity index (χ1v) is 12.0. The fourth-order valence-electron chi connectivity index (χ4n) is 3.29. The second-order valence-electron chi connectivity index (χ2n) is 8.79. The summed E-state index contributed by atoms with van der Waals surface area (Å²) in [6, 6.07) is 13.3. The van der Waals surface area contributed by atoms with Crippen LogP contribution >= 0.6 is 11.8 Å². The van der Waals surface area contributed by atoms with Crippen LogP contribution in [0.3, 0.4) is 0 Å². The maximum absolute atomic E-state index is 12.4. The zero-order valence-electron chi connectivity index (χ0n) is 20.4. The molecule has 1 aromatic heterocycles. The van der Waals surface area contributed by atoms with E-state index in [0.29, 0.717) is 23.2 Å². The molecular formula is C25H31N5O3S. The van der Waals surface area contributed by atoms with Crippen molar-refractivity contribution < 1.29 is 14.6 Å². The first-order chi connectivity index (χ1) is 16.1. The zero-order chi connectivity index (χ0) is 24.9. The van der Waals surface area contributed by atoms with Crippen molar-refractivity contribution in [1.29, 1.82) is 0 Å². The molecule has 0 radical (unpaired) electrons. The fourth-order valence-corrected chi connectivity index (χ4v) is 4.08. The Labute approximate surface area is 204 Å². The first-order valence-electron chi connectivity index (χ1n) is 11.0. The minimum Gasteiger partial charge on any atom is -0.504 e. The summed E-state index contributed by atoms with van der Waals surface area (Å²) in [6.45, 7) is 11.0. The Morgan fingerprint density at radius 1 is 1.18 bits per heavy atom. The van der Waals surface area contributed by atoms with Gasteiger partial charge in [-0.1, -0.05) is 56.8 Å². The molecule has 0 saturated carbocycles. The van der Waals surface area contributed by atoms with Crippen LogP contribution in [0.4, 0.5) is 0 Å². The quantitative estimate of drug-likeness (QED) is 0.277. The Balaban J connectivity index is 1.65. The molecule has 9 heteroatoms. The number of aromatic hydroxyl groups is 1. The van der Waals surface area contributed by atoms with Gasteiger partial charge in [-0.15, -0.1) is 10.2 Å². The van der Waals surface area contributed by atoms with E-state index in [4.69, 9.17) is 4.74 Å². The number of ether oxygens (including phenoxy) is 1. The number of carbonyl (C=O) groups excluding carboxylic acids is 1. The highest BCUT2D eigenvalue weighted by Crippen LogP contribution is 2.28. The summed E-state index contributed by atoms with van der Waals surface area (Å²) in [7, 11) is 1.48. The van der Waals surface area contributed by atoms with Crippen molar-refractivity contribution in [2.24, 2.45) is 5.10 Å². The summed E-state index contributed by atoms with van der Waals surface area (Å²) in [5.41, 5.74) is 6.22. The maximum atomic E-state index is 12.4. The average molecular weight is 482 g/mol. The molecule has 3 rings (SSSR count). The number of thioether (sulfide) groups is 1. The second kappa shape index (κ2) is 10.7. The number of rotatable bonds is 8. The van der Waals surface area contributed by atoms with Gasteiger partial charge in [-0.05, 0) is 43.0 Å². The third-order valence-electron chi connectivity index (χ3n) is 5.32. The molecule has 1 heterocycles. The lowest BCUT2D eigenvalue weighted by atomic mass is 9.87. The minimum atomic E-state index is -0.253. The van der Waals surface area contributed by atoms with Gasteiger partial charge in [0.25, 0.3) is 5.91 Å². The molecule has 0 aliphatic carbocycles. The fraction of sp³-hybridized carbons (Fsp3) is 0.360. The minimum absolute atomic E-state index is 0.0454. The van der Waals surface area contributed by atoms with Gasteiger partial charge in [0.15, 0.2) is 22.5 Å². The summed E-state index contributed by atoms with van der Waals surface area (Å²) < 4.78 is 7.12. The van der Waals surface area contributed by atoms with E-state index >= 15 is 0 Å². The number of methoxy groups -OCH3 is 1. The van der Waals surface area contributed by atoms with Gasteiger partial charge in [-0.3, -0.25) is 4.79 Å². The van der Waals surface area contributed by atoms with Crippen LogP contribution in [0.5, 0.6) is 11.5 Å². The summed E-state index contributed by atoms with van der Waals surface area (Å²) in [5, 5.41) is 23.2. The predicted octanol–water partition coefficient (Wildman–Crippen LogP) is 4.61. The molecule has 3 aromatic rings. The van der Waals surface area contributed by atoms with Gasteiger partial charge in [-0.2, -0.15) is 5.10 Å². The Kier molecular flexibility index (Phi) is 7.98. The number of nitrogens with one attached hydrogen (secondary N) is 1. The number of hydrogen-bond acceptors (Lipinski definition) is 7. The SMILES string of the molecule is CCn1c(SCC(=O)N/N=C(/C)c2ccc(O)c(OC)c2)nnc1-c1ccc(C(C)(C)C)cc1. The van der Waals surface area contributed by atoms with E-state index in [0.717, 1.165) is 17.0 Å². The molecule has 0 fully saturated rings. The van der Waals surface area contributed by atoms with Crippen molar-refractivity contribution in [1.82, 2.24) is 20.2 Å². The number of hydrogen-bond donors (Lipinski definition) is 2. The lowest BCUT2D eigenvalue weighted by molar-refractivity contribution is -0.118. The molecule has 0 aliphatic heterocycles. The van der Waals surface area contributed by atoms with Crippen LogP contribution in [0.25, 0.3) is 11.4 Å². The highest BCUT2D eigenvalue weighted by Gasteiger charge is 2.17. The van der Waals surface area contributed by atoms with Crippen LogP contribution in [0, 0.1) is 0 Å². The normalized spacial score (nSPS) is 12.0. The summed E-state index contributed by atoms with van der Waals surface area (Å²) in [6.07, 6.45) is 0. The molecule has 2 aromatic carbocycles. The van der Waals surface area contributed by atoms with Gasteiger partial charge in [-0.25, -0.2) is 5.43 Å². The molecule has 0 atom stereocenters. The van der Waals surface area contributed by atoms with Gasteiger partial charge in [0.05, 0.1) is 18.6 Å². The summed E-state index contributed by atoms with van der Waals surface area (Å²) >= 11 is 1.31. The number of carbonyl (C=O) groups is 1. The van der Waals surface area contributed by atoms with Crippen molar-refractivity contribution in [3.8, 4) is 22.9 Å². The molecule has 0 bridgehead atoms. The Morgan fingerprint density at radius 2 is 1.88 bits per heavy atom. The molecular weight excluding hydrogens is 450 g/mol. The smallest absolute Gasteiger partial charge is 0.250 e. The van der Waals surface area contributed by atoms with Crippen LogP contribution in [0.15, 0.2) is 52.7 Å². The number of hydrazone groups is 1. The van der Waals surface area contributed by atoms with E-state index in [9.17, 15) is 9.90 Å². The molecule has 1 amide bonds. The number of aromatic nitrogens is 3. The van der Waals surface area contributed by atoms with Crippen molar-refractivity contribution in [3.63, 3.8) is 0 Å². The third-order valence-corrected chi connectivity index (χ3v) is 6.29. The summed E-state index contributed by atoms with van der Waals surface area (Å²) in [5.74, 6) is 1.06. The van der Waals surface area contributed by atoms with Gasteiger partial charge in [0.1, 0.15) is 0 Å². The Hall–Kier alpha value is -3.33. The molecule has 8 nitrogen and oxygen atoms in total. The highest BCUT2D eigenvalue weighted by molar-refractivity contribution is 7.99. The molecule has 0 aliphatic rings. The van der Waals surface area contributed by atoms with Crippen molar-refractivity contribution in [2.45, 2.75) is 51.7 Å². The third kappa shape index (κ3) is 5.96. The molecule has 2 N–H and O–H groups in total. The van der Waals surface area contributed by atoms with Crippen LogP contribution in [0.2, 0.25) is 0 Å². The number of benzene rings is 2. The predicted molar refractivity (Wildman–Crippen MR) is 136 cm³/mol. The molecule has 180 valence electrons. The van der Waals surface area contributed by atoms with Crippen molar-refractivity contribution >= 4 is 23.4 Å². The monoisotopic (exact) mass is 481 g/mol. The van der Waals surface area contributed by atoms with Crippen LogP contribution in [-0.4, -0.2) is 44.4 Å². The van der Waals surface area contributed by atoms with E-state index < -0.39 is 0 Å². The van der Waals surface area contributed by atoms with Crippen molar-refractivity contribution in [2.75, 3.05) is 12.9 Å². The number of phenols is 1. The zero-order valence-corrected chi connectivity index (χ0v) is 21.2. The summed E-state index contributed by atoms with van der Waals surface area (Å²) in [4.78, 5) is 12.4. The maximum Gasteiger partial charge on any atom is 0.250 e. The molecule has 0 unspecified atom stereocenters. The van der Waals surface area contributed by atoms with Gasteiger partial charge in [0, 0.05) is 17.7 Å². The van der Waals surface area contributed by atoms with E-state index in [2.05, 4.69) is 65.8 Å². The van der Waals surface area contributed by atoms with Gasteiger partial charge in [0.2, 0.25) is 0 Å². The van der Waals surface area contributed by atoms with E-state index in [1.54, 1.807) is 19.1 Å². The first kappa shape index (κ1) is 25.3. The number of phenolic OH excluding ortho intramolecular Hbond substituents is 1. The topological polar surface area (TPSA) is 102 Å². The lowest BCUT2D eigenvalue weighted by Crippen LogP contribution is -2.21. The largest absolute Gasteiger partial charge is 0.504 e. The second-order valence-corrected chi connectivity index (χ2v) is 9.73. The molecule has 0 spiro atoms. The van der Waals surface area contributed by atoms with E-state index in [1.165, 1.54) is 30.5 Å².